The number of rotatable bonds is 0. The van der Waals surface area contributed by atoms with E-state index in [0.717, 1.165) is 19.3 Å². The van der Waals surface area contributed by atoms with E-state index in [4.69, 9.17) is 4.74 Å². The molecule has 5 atom stereocenters. The summed E-state index contributed by atoms with van der Waals surface area (Å²) in [5.41, 5.74) is 0.259. The van der Waals surface area contributed by atoms with Crippen molar-refractivity contribution >= 4 is 11.8 Å². The van der Waals surface area contributed by atoms with Crippen LogP contribution in [0.5, 0.6) is 0 Å². The maximum Gasteiger partial charge on any atom is 0.309 e. The maximum absolute atomic E-state index is 12.3. The summed E-state index contributed by atoms with van der Waals surface area (Å²) >= 11 is 0. The fraction of sp³-hybridized carbons (Fsp3) is 0.867. The molecule has 0 radical (unpaired) electrons. The van der Waals surface area contributed by atoms with Crippen molar-refractivity contribution in [1.29, 1.82) is 0 Å². The van der Waals surface area contributed by atoms with Crippen LogP contribution in [0.2, 0.25) is 0 Å². The van der Waals surface area contributed by atoms with Gasteiger partial charge in [0.1, 0.15) is 12.4 Å². The van der Waals surface area contributed by atoms with Gasteiger partial charge < -0.3 is 4.74 Å². The molecule has 4 fully saturated rings. The Morgan fingerprint density at radius 3 is 2.67 bits per heavy atom. The Kier molecular flexibility index (Phi) is 1.83. The van der Waals surface area contributed by atoms with Crippen molar-refractivity contribution in [2.24, 2.45) is 34.5 Å². The van der Waals surface area contributed by atoms with Gasteiger partial charge in [-0.15, -0.1) is 0 Å². The molecule has 3 nitrogen and oxygen atoms in total. The number of ether oxygens (including phenoxy) is 1. The van der Waals surface area contributed by atoms with E-state index in [9.17, 15) is 9.59 Å². The molecule has 4 aliphatic rings. The van der Waals surface area contributed by atoms with Crippen molar-refractivity contribution in [2.45, 2.75) is 39.5 Å². The van der Waals surface area contributed by atoms with Gasteiger partial charge in [0.05, 0.1) is 11.8 Å². The molecule has 2 bridgehead atoms. The highest BCUT2D eigenvalue weighted by molar-refractivity contribution is 5.89. The van der Waals surface area contributed by atoms with Crippen LogP contribution in [0, 0.1) is 34.5 Å². The zero-order chi connectivity index (χ0) is 12.7. The van der Waals surface area contributed by atoms with E-state index in [1.165, 1.54) is 0 Å². The summed E-state index contributed by atoms with van der Waals surface area (Å²) < 4.78 is 5.30. The van der Waals surface area contributed by atoms with Crippen LogP contribution in [0.1, 0.15) is 39.5 Å². The zero-order valence-corrected chi connectivity index (χ0v) is 11.1. The predicted molar refractivity (Wildman–Crippen MR) is 64.6 cm³/mol. The van der Waals surface area contributed by atoms with Crippen molar-refractivity contribution in [1.82, 2.24) is 0 Å². The minimum absolute atomic E-state index is 0.00530. The average molecular weight is 248 g/mol. The van der Waals surface area contributed by atoms with Crippen LogP contribution in [0.3, 0.4) is 0 Å². The summed E-state index contributed by atoms with van der Waals surface area (Å²) in [5, 5.41) is 0. The minimum Gasteiger partial charge on any atom is -0.465 e. The Labute approximate surface area is 107 Å². The summed E-state index contributed by atoms with van der Waals surface area (Å²) in [6.45, 7) is 5.01. The highest BCUT2D eigenvalue weighted by Gasteiger charge is 2.72. The second-order valence-electron chi connectivity index (χ2n) is 7.47. The van der Waals surface area contributed by atoms with Crippen LogP contribution >= 0.6 is 0 Å². The summed E-state index contributed by atoms with van der Waals surface area (Å²) in [6, 6.07) is 0. The first-order chi connectivity index (χ1) is 8.47. The third-order valence-corrected chi connectivity index (χ3v) is 6.49. The molecule has 3 heteroatoms. The molecule has 3 saturated carbocycles. The monoisotopic (exact) mass is 248 g/mol. The molecule has 3 aliphatic carbocycles. The lowest BCUT2D eigenvalue weighted by Gasteiger charge is -2.47. The first-order valence-electron chi connectivity index (χ1n) is 7.16. The van der Waals surface area contributed by atoms with Crippen molar-refractivity contribution in [3.8, 4) is 0 Å². The molecule has 0 aromatic heterocycles. The maximum atomic E-state index is 12.3. The lowest BCUT2D eigenvalue weighted by atomic mass is 9.58. The summed E-state index contributed by atoms with van der Waals surface area (Å²) in [6.07, 6.45) is 3.78. The summed E-state index contributed by atoms with van der Waals surface area (Å²) in [5.74, 6) is 1.44. The van der Waals surface area contributed by atoms with Crippen LogP contribution in [0.25, 0.3) is 0 Å². The fourth-order valence-electron chi connectivity index (χ4n) is 6.03. The Morgan fingerprint density at radius 2 is 1.89 bits per heavy atom. The van der Waals surface area contributed by atoms with Gasteiger partial charge in [-0.2, -0.15) is 0 Å². The van der Waals surface area contributed by atoms with E-state index in [-0.39, 0.29) is 28.6 Å². The van der Waals surface area contributed by atoms with Gasteiger partial charge >= 0.3 is 5.97 Å². The van der Waals surface area contributed by atoms with Crippen molar-refractivity contribution < 1.29 is 14.3 Å². The molecule has 4 rings (SSSR count). The van der Waals surface area contributed by atoms with Crippen LogP contribution in [0.4, 0.5) is 0 Å². The number of esters is 1. The SMILES string of the molecule is CC1(C)C[C@]23C4CC(=O)[C@H]2COC(=O)[C@H]3CC[C@@H]41. The van der Waals surface area contributed by atoms with Gasteiger partial charge in [-0.25, -0.2) is 0 Å². The van der Waals surface area contributed by atoms with Crippen LogP contribution in [0.15, 0.2) is 0 Å². The quantitative estimate of drug-likeness (QED) is 0.617. The molecule has 1 unspecified atom stereocenters. The first-order valence-corrected chi connectivity index (χ1v) is 7.16. The topological polar surface area (TPSA) is 43.4 Å². The highest BCUT2D eigenvalue weighted by atomic mass is 16.5. The molecule has 1 saturated heterocycles. The van der Waals surface area contributed by atoms with Crippen LogP contribution in [-0.2, 0) is 14.3 Å². The third-order valence-electron chi connectivity index (χ3n) is 6.49. The van der Waals surface area contributed by atoms with E-state index in [0.29, 0.717) is 30.6 Å². The number of carbonyl (C=O) groups excluding carboxylic acids is 2. The summed E-state index contributed by atoms with van der Waals surface area (Å²) in [4.78, 5) is 24.4. The van der Waals surface area contributed by atoms with Crippen molar-refractivity contribution in [3.05, 3.63) is 0 Å². The number of carbonyl (C=O) groups is 2. The first kappa shape index (κ1) is 11.0. The normalized spacial score (nSPS) is 52.1. The van der Waals surface area contributed by atoms with Gasteiger partial charge in [0, 0.05) is 11.8 Å². The van der Waals surface area contributed by atoms with E-state index in [2.05, 4.69) is 13.8 Å². The Morgan fingerprint density at radius 1 is 1.11 bits per heavy atom. The molecular weight excluding hydrogens is 228 g/mol. The van der Waals surface area contributed by atoms with Gasteiger partial charge in [-0.05, 0) is 36.5 Å². The van der Waals surface area contributed by atoms with Gasteiger partial charge in [0.25, 0.3) is 0 Å². The lowest BCUT2D eigenvalue weighted by Crippen LogP contribution is -2.51. The fourth-order valence-corrected chi connectivity index (χ4v) is 6.03. The van der Waals surface area contributed by atoms with Crippen LogP contribution < -0.4 is 0 Å². The number of Topliss-reactive ketones (excluding diaryl/α,β-unsaturated/α-hetero) is 1. The zero-order valence-electron chi connectivity index (χ0n) is 11.1. The van der Waals surface area contributed by atoms with E-state index < -0.39 is 0 Å². The molecule has 1 spiro atoms. The van der Waals surface area contributed by atoms with Gasteiger partial charge in [-0.1, -0.05) is 13.8 Å². The molecular formula is C15H20O3. The lowest BCUT2D eigenvalue weighted by molar-refractivity contribution is -0.175. The Balaban J connectivity index is 1.90. The minimum atomic E-state index is -0.0289. The Hall–Kier alpha value is -0.860. The molecule has 0 aromatic carbocycles. The molecule has 98 valence electrons. The second kappa shape index (κ2) is 3.00. The van der Waals surface area contributed by atoms with Crippen molar-refractivity contribution in [2.75, 3.05) is 6.61 Å². The highest BCUT2D eigenvalue weighted by Crippen LogP contribution is 2.73. The number of hydrogen-bond donors (Lipinski definition) is 0. The number of cyclic esters (lactones) is 1. The Bertz CT molecular complexity index is 451. The van der Waals surface area contributed by atoms with Gasteiger partial charge in [0.2, 0.25) is 0 Å². The van der Waals surface area contributed by atoms with E-state index in [1.54, 1.807) is 0 Å². The van der Waals surface area contributed by atoms with E-state index in [1.807, 2.05) is 0 Å². The molecule has 0 N–H and O–H groups in total. The van der Waals surface area contributed by atoms with Crippen molar-refractivity contribution in [3.63, 3.8) is 0 Å². The molecule has 0 amide bonds. The van der Waals surface area contributed by atoms with Gasteiger partial charge in [-0.3, -0.25) is 9.59 Å². The number of hydrogen-bond acceptors (Lipinski definition) is 3. The van der Waals surface area contributed by atoms with Crippen LogP contribution in [-0.4, -0.2) is 18.4 Å². The molecule has 18 heavy (non-hydrogen) atoms. The molecule has 1 aliphatic heterocycles. The largest absolute Gasteiger partial charge is 0.465 e. The smallest absolute Gasteiger partial charge is 0.309 e. The number of ketones is 1. The van der Waals surface area contributed by atoms with E-state index >= 15 is 0 Å². The third kappa shape index (κ3) is 0.996. The summed E-state index contributed by atoms with van der Waals surface area (Å²) in [7, 11) is 0. The second-order valence-corrected chi connectivity index (χ2v) is 7.47. The average Bonchev–Trinajstić information content (AvgIpc) is 2.60. The predicted octanol–water partition coefficient (Wildman–Crippen LogP) is 2.19. The standard InChI is InChI=1S/C15H20O3/c1-14(2)7-15-9-4-3-8(14)10(15)5-12(16)11(15)6-18-13(9)17/h8-11H,3-7H2,1-2H3/t8-,9+,10?,11+,15-/m0/s1. The molecule has 1 heterocycles. The van der Waals surface area contributed by atoms with Gasteiger partial charge in [0.15, 0.2) is 0 Å². The molecule has 0 aromatic rings.